The second kappa shape index (κ2) is 7.47. The SMILES string of the molecule is CCCCCC=NNC. The van der Waals surface area contributed by atoms with Crippen molar-refractivity contribution in [1.29, 1.82) is 0 Å². The van der Waals surface area contributed by atoms with Crippen LogP contribution in [0.1, 0.15) is 32.6 Å². The summed E-state index contributed by atoms with van der Waals surface area (Å²) in [5.41, 5.74) is 2.71. The van der Waals surface area contributed by atoms with Gasteiger partial charge in [-0.3, -0.25) is 0 Å². The molecule has 0 radical (unpaired) electrons. The van der Waals surface area contributed by atoms with Crippen molar-refractivity contribution in [2.75, 3.05) is 7.05 Å². The number of hydrogen-bond acceptors (Lipinski definition) is 2. The highest BCUT2D eigenvalue weighted by Gasteiger charge is 1.80. The van der Waals surface area contributed by atoms with Crippen molar-refractivity contribution in [1.82, 2.24) is 5.43 Å². The number of hydrazone groups is 1. The monoisotopic (exact) mass is 128 g/mol. The van der Waals surface area contributed by atoms with Crippen molar-refractivity contribution in [3.63, 3.8) is 0 Å². The molecule has 0 saturated carbocycles. The molecule has 0 bridgehead atoms. The van der Waals surface area contributed by atoms with Gasteiger partial charge in [-0.05, 0) is 12.8 Å². The Kier molecular flexibility index (Phi) is 7.03. The molecule has 0 fully saturated rings. The first-order valence-electron chi connectivity index (χ1n) is 3.60. The highest BCUT2D eigenvalue weighted by Crippen LogP contribution is 1.95. The average Bonchev–Trinajstić information content (AvgIpc) is 1.89. The van der Waals surface area contributed by atoms with Crippen LogP contribution in [0.15, 0.2) is 5.10 Å². The van der Waals surface area contributed by atoms with Crippen LogP contribution in [0.4, 0.5) is 0 Å². The maximum absolute atomic E-state index is 3.87. The average molecular weight is 128 g/mol. The van der Waals surface area contributed by atoms with Crippen LogP contribution in [0.25, 0.3) is 0 Å². The molecule has 2 heteroatoms. The molecule has 0 aromatic heterocycles. The zero-order chi connectivity index (χ0) is 6.95. The lowest BCUT2D eigenvalue weighted by Gasteiger charge is -1.90. The molecule has 0 unspecified atom stereocenters. The van der Waals surface area contributed by atoms with Crippen LogP contribution < -0.4 is 5.43 Å². The van der Waals surface area contributed by atoms with Crippen LogP contribution in [-0.2, 0) is 0 Å². The largest absolute Gasteiger partial charge is 0.313 e. The fourth-order valence-corrected chi connectivity index (χ4v) is 0.641. The van der Waals surface area contributed by atoms with Gasteiger partial charge in [0.1, 0.15) is 0 Å². The summed E-state index contributed by atoms with van der Waals surface area (Å²) in [6, 6.07) is 0. The molecular weight excluding hydrogens is 112 g/mol. The van der Waals surface area contributed by atoms with Gasteiger partial charge in [-0.25, -0.2) is 0 Å². The molecule has 9 heavy (non-hydrogen) atoms. The third kappa shape index (κ3) is 7.47. The van der Waals surface area contributed by atoms with E-state index in [-0.39, 0.29) is 0 Å². The Morgan fingerprint density at radius 3 is 2.78 bits per heavy atom. The van der Waals surface area contributed by atoms with Gasteiger partial charge in [-0.1, -0.05) is 19.8 Å². The summed E-state index contributed by atoms with van der Waals surface area (Å²) in [7, 11) is 1.82. The van der Waals surface area contributed by atoms with E-state index in [0.717, 1.165) is 6.42 Å². The van der Waals surface area contributed by atoms with E-state index >= 15 is 0 Å². The van der Waals surface area contributed by atoms with Gasteiger partial charge in [0.05, 0.1) is 0 Å². The molecule has 0 aromatic carbocycles. The Hall–Kier alpha value is -0.530. The topological polar surface area (TPSA) is 24.4 Å². The summed E-state index contributed by atoms with van der Waals surface area (Å²) < 4.78 is 0. The predicted octanol–water partition coefficient (Wildman–Crippen LogP) is 1.77. The van der Waals surface area contributed by atoms with Gasteiger partial charge in [0.2, 0.25) is 0 Å². The lowest BCUT2D eigenvalue weighted by atomic mass is 10.2. The van der Waals surface area contributed by atoms with Crippen molar-refractivity contribution >= 4 is 6.21 Å². The minimum Gasteiger partial charge on any atom is -0.313 e. The van der Waals surface area contributed by atoms with Crippen LogP contribution in [0.5, 0.6) is 0 Å². The molecule has 2 nitrogen and oxygen atoms in total. The Balaban J connectivity index is 2.82. The second-order valence-electron chi connectivity index (χ2n) is 2.03. The molecule has 0 aliphatic rings. The van der Waals surface area contributed by atoms with Crippen molar-refractivity contribution < 1.29 is 0 Å². The number of hydrogen-bond donors (Lipinski definition) is 1. The van der Waals surface area contributed by atoms with Gasteiger partial charge in [0.25, 0.3) is 0 Å². The summed E-state index contributed by atoms with van der Waals surface area (Å²) in [6.07, 6.45) is 6.90. The van der Waals surface area contributed by atoms with Crippen molar-refractivity contribution in [3.8, 4) is 0 Å². The van der Waals surface area contributed by atoms with Crippen molar-refractivity contribution in [2.24, 2.45) is 5.10 Å². The van der Waals surface area contributed by atoms with Gasteiger partial charge in [0, 0.05) is 13.3 Å². The van der Waals surface area contributed by atoms with Crippen molar-refractivity contribution in [2.45, 2.75) is 32.6 Å². The summed E-state index contributed by atoms with van der Waals surface area (Å²) >= 11 is 0. The van der Waals surface area contributed by atoms with E-state index in [2.05, 4.69) is 17.5 Å². The van der Waals surface area contributed by atoms with Crippen LogP contribution in [0.2, 0.25) is 0 Å². The van der Waals surface area contributed by atoms with Crippen LogP contribution in [-0.4, -0.2) is 13.3 Å². The Labute approximate surface area is 57.3 Å². The maximum atomic E-state index is 3.87. The molecule has 0 aliphatic carbocycles. The van der Waals surface area contributed by atoms with E-state index in [1.807, 2.05) is 13.3 Å². The molecule has 0 saturated heterocycles. The third-order valence-electron chi connectivity index (χ3n) is 1.16. The van der Waals surface area contributed by atoms with E-state index in [1.54, 1.807) is 0 Å². The molecule has 1 N–H and O–H groups in total. The molecule has 0 aliphatic heterocycles. The summed E-state index contributed by atoms with van der Waals surface area (Å²) in [5.74, 6) is 0. The Morgan fingerprint density at radius 1 is 1.44 bits per heavy atom. The lowest BCUT2D eigenvalue weighted by molar-refractivity contribution is 0.742. The summed E-state index contributed by atoms with van der Waals surface area (Å²) in [4.78, 5) is 0. The fraction of sp³-hybridized carbons (Fsp3) is 0.857. The Morgan fingerprint density at radius 2 is 2.22 bits per heavy atom. The number of unbranched alkanes of at least 4 members (excludes halogenated alkanes) is 3. The number of rotatable bonds is 5. The maximum Gasteiger partial charge on any atom is 0.0242 e. The van der Waals surface area contributed by atoms with E-state index in [1.165, 1.54) is 19.3 Å². The van der Waals surface area contributed by atoms with Gasteiger partial charge < -0.3 is 5.43 Å². The smallest absolute Gasteiger partial charge is 0.0242 e. The fourth-order valence-electron chi connectivity index (χ4n) is 0.641. The van der Waals surface area contributed by atoms with E-state index in [0.29, 0.717) is 0 Å². The molecule has 0 heterocycles. The van der Waals surface area contributed by atoms with E-state index in [9.17, 15) is 0 Å². The minimum atomic E-state index is 1.11. The highest BCUT2D eigenvalue weighted by atomic mass is 15.3. The summed E-state index contributed by atoms with van der Waals surface area (Å²) in [5, 5.41) is 3.87. The van der Waals surface area contributed by atoms with E-state index < -0.39 is 0 Å². The number of nitrogens with zero attached hydrogens (tertiary/aromatic N) is 1. The quantitative estimate of drug-likeness (QED) is 0.340. The van der Waals surface area contributed by atoms with Crippen LogP contribution in [0, 0.1) is 0 Å². The minimum absolute atomic E-state index is 1.11. The first kappa shape index (κ1) is 8.47. The van der Waals surface area contributed by atoms with Gasteiger partial charge in [-0.15, -0.1) is 0 Å². The lowest BCUT2D eigenvalue weighted by Crippen LogP contribution is -1.93. The molecule has 0 rings (SSSR count). The van der Waals surface area contributed by atoms with Crippen LogP contribution >= 0.6 is 0 Å². The zero-order valence-electron chi connectivity index (χ0n) is 6.35. The molecule has 0 amide bonds. The van der Waals surface area contributed by atoms with Gasteiger partial charge in [-0.2, -0.15) is 5.10 Å². The second-order valence-corrected chi connectivity index (χ2v) is 2.03. The Bertz CT molecular complexity index is 69.3. The normalized spacial score (nSPS) is 10.4. The van der Waals surface area contributed by atoms with Gasteiger partial charge >= 0.3 is 0 Å². The molecular formula is C7H16N2. The predicted molar refractivity (Wildman–Crippen MR) is 41.7 cm³/mol. The molecule has 54 valence electrons. The third-order valence-corrected chi connectivity index (χ3v) is 1.16. The van der Waals surface area contributed by atoms with Crippen LogP contribution in [0.3, 0.4) is 0 Å². The highest BCUT2D eigenvalue weighted by molar-refractivity contribution is 5.56. The standard InChI is InChI=1S/C7H16N2/c1-3-4-5-6-7-9-8-2/h7-8H,3-6H2,1-2H3. The zero-order valence-corrected chi connectivity index (χ0v) is 6.35. The molecule has 0 spiro atoms. The van der Waals surface area contributed by atoms with E-state index in [4.69, 9.17) is 0 Å². The molecule has 0 aromatic rings. The number of nitrogens with one attached hydrogen (secondary N) is 1. The van der Waals surface area contributed by atoms with Gasteiger partial charge in [0.15, 0.2) is 0 Å². The molecule has 0 atom stereocenters. The first-order valence-corrected chi connectivity index (χ1v) is 3.60. The summed E-state index contributed by atoms with van der Waals surface area (Å²) in [6.45, 7) is 2.20. The van der Waals surface area contributed by atoms with Crippen molar-refractivity contribution in [3.05, 3.63) is 0 Å². The first-order chi connectivity index (χ1) is 4.41.